The predicted octanol–water partition coefficient (Wildman–Crippen LogP) is 4.51. The lowest BCUT2D eigenvalue weighted by Crippen LogP contribution is -2.38. The SMILES string of the molecule is CCCCCCC(C)(CCC)CNC(=O)[C@@H](C)Cl. The maximum absolute atomic E-state index is 11.5. The van der Waals surface area contributed by atoms with Gasteiger partial charge in [0.1, 0.15) is 5.38 Å². The zero-order valence-corrected chi connectivity index (χ0v) is 13.3. The molecule has 18 heavy (non-hydrogen) atoms. The van der Waals surface area contributed by atoms with Crippen molar-refractivity contribution in [2.24, 2.45) is 5.41 Å². The van der Waals surface area contributed by atoms with Gasteiger partial charge >= 0.3 is 0 Å². The zero-order valence-electron chi connectivity index (χ0n) is 12.5. The summed E-state index contributed by atoms with van der Waals surface area (Å²) in [6.07, 6.45) is 8.66. The number of halogens is 1. The monoisotopic (exact) mass is 275 g/mol. The Bertz CT molecular complexity index is 231. The average molecular weight is 276 g/mol. The highest BCUT2D eigenvalue weighted by molar-refractivity contribution is 6.30. The fraction of sp³-hybridized carbons (Fsp3) is 0.933. The summed E-state index contributed by atoms with van der Waals surface area (Å²) in [6.45, 7) is 9.18. The average Bonchev–Trinajstić information content (AvgIpc) is 2.32. The van der Waals surface area contributed by atoms with Crippen molar-refractivity contribution in [2.75, 3.05) is 6.54 Å². The summed E-state index contributed by atoms with van der Waals surface area (Å²) < 4.78 is 0. The largest absolute Gasteiger partial charge is 0.354 e. The third-order valence-corrected chi connectivity index (χ3v) is 3.74. The number of hydrogen-bond acceptors (Lipinski definition) is 1. The summed E-state index contributed by atoms with van der Waals surface area (Å²) in [6, 6.07) is 0. The molecule has 3 heteroatoms. The molecular formula is C15H30ClNO. The Morgan fingerprint density at radius 3 is 2.33 bits per heavy atom. The Balaban J connectivity index is 4.11. The highest BCUT2D eigenvalue weighted by Crippen LogP contribution is 2.29. The molecule has 0 aliphatic carbocycles. The van der Waals surface area contributed by atoms with Crippen molar-refractivity contribution in [3.05, 3.63) is 0 Å². The van der Waals surface area contributed by atoms with Crippen LogP contribution in [0.15, 0.2) is 0 Å². The van der Waals surface area contributed by atoms with Crippen LogP contribution in [0.3, 0.4) is 0 Å². The van der Waals surface area contributed by atoms with E-state index in [4.69, 9.17) is 11.6 Å². The maximum atomic E-state index is 11.5. The number of unbranched alkanes of at least 4 members (excludes halogenated alkanes) is 3. The van der Waals surface area contributed by atoms with Crippen molar-refractivity contribution in [3.8, 4) is 0 Å². The Labute approximate surface area is 118 Å². The van der Waals surface area contributed by atoms with Crippen LogP contribution in [0.4, 0.5) is 0 Å². The highest BCUT2D eigenvalue weighted by atomic mass is 35.5. The number of alkyl halides is 1. The van der Waals surface area contributed by atoms with E-state index in [0.717, 1.165) is 19.4 Å². The van der Waals surface area contributed by atoms with E-state index in [9.17, 15) is 4.79 Å². The number of carbonyl (C=O) groups is 1. The van der Waals surface area contributed by atoms with E-state index >= 15 is 0 Å². The topological polar surface area (TPSA) is 29.1 Å². The van der Waals surface area contributed by atoms with Crippen molar-refractivity contribution in [2.45, 2.75) is 78.0 Å². The molecular weight excluding hydrogens is 246 g/mol. The van der Waals surface area contributed by atoms with Gasteiger partial charge < -0.3 is 5.32 Å². The summed E-state index contributed by atoms with van der Waals surface area (Å²) in [5.41, 5.74) is 0.226. The molecule has 1 unspecified atom stereocenters. The van der Waals surface area contributed by atoms with E-state index in [2.05, 4.69) is 26.1 Å². The van der Waals surface area contributed by atoms with Crippen molar-refractivity contribution < 1.29 is 4.79 Å². The highest BCUT2D eigenvalue weighted by Gasteiger charge is 2.24. The molecule has 0 rings (SSSR count). The second-order valence-corrected chi connectivity index (χ2v) is 6.36. The van der Waals surface area contributed by atoms with Crippen LogP contribution in [0.1, 0.15) is 72.6 Å². The molecule has 0 aliphatic rings. The second kappa shape index (κ2) is 9.66. The summed E-state index contributed by atoms with van der Waals surface area (Å²) in [4.78, 5) is 11.5. The normalized spacial score (nSPS) is 16.1. The summed E-state index contributed by atoms with van der Waals surface area (Å²) in [5, 5.41) is 2.54. The van der Waals surface area contributed by atoms with E-state index in [1.54, 1.807) is 6.92 Å². The van der Waals surface area contributed by atoms with E-state index < -0.39 is 5.38 Å². The van der Waals surface area contributed by atoms with Crippen LogP contribution in [0.2, 0.25) is 0 Å². The van der Waals surface area contributed by atoms with Crippen molar-refractivity contribution >= 4 is 17.5 Å². The minimum Gasteiger partial charge on any atom is -0.354 e. The molecule has 108 valence electrons. The van der Waals surface area contributed by atoms with Gasteiger partial charge in [-0.2, -0.15) is 0 Å². The van der Waals surface area contributed by atoms with Crippen LogP contribution in [-0.4, -0.2) is 17.8 Å². The third kappa shape index (κ3) is 7.97. The Kier molecular flexibility index (Phi) is 9.53. The maximum Gasteiger partial charge on any atom is 0.237 e. The number of amides is 1. The molecule has 0 aliphatic heterocycles. The smallest absolute Gasteiger partial charge is 0.237 e. The van der Waals surface area contributed by atoms with Crippen LogP contribution >= 0.6 is 11.6 Å². The van der Waals surface area contributed by atoms with Gasteiger partial charge in [-0.3, -0.25) is 4.79 Å². The first-order valence-corrected chi connectivity index (χ1v) is 7.80. The van der Waals surface area contributed by atoms with Crippen LogP contribution in [0.25, 0.3) is 0 Å². The van der Waals surface area contributed by atoms with Gasteiger partial charge in [0.25, 0.3) is 0 Å². The number of carbonyl (C=O) groups excluding carboxylic acids is 1. The summed E-state index contributed by atoms with van der Waals surface area (Å²) >= 11 is 5.77. The van der Waals surface area contributed by atoms with Gasteiger partial charge in [-0.05, 0) is 25.2 Å². The quantitative estimate of drug-likeness (QED) is 0.461. The van der Waals surface area contributed by atoms with Gasteiger partial charge in [-0.1, -0.05) is 52.9 Å². The molecule has 0 heterocycles. The van der Waals surface area contributed by atoms with Gasteiger partial charge in [-0.25, -0.2) is 0 Å². The number of hydrogen-bond donors (Lipinski definition) is 1. The first-order chi connectivity index (χ1) is 8.45. The molecule has 1 amide bonds. The first-order valence-electron chi connectivity index (χ1n) is 7.37. The van der Waals surface area contributed by atoms with Gasteiger partial charge in [0, 0.05) is 6.54 Å². The van der Waals surface area contributed by atoms with Gasteiger partial charge in [0.2, 0.25) is 5.91 Å². The van der Waals surface area contributed by atoms with Crippen molar-refractivity contribution in [1.82, 2.24) is 5.32 Å². The predicted molar refractivity (Wildman–Crippen MR) is 80.1 cm³/mol. The molecule has 0 bridgehead atoms. The fourth-order valence-corrected chi connectivity index (χ4v) is 2.40. The molecule has 1 N–H and O–H groups in total. The lowest BCUT2D eigenvalue weighted by Gasteiger charge is -2.30. The summed E-state index contributed by atoms with van der Waals surface area (Å²) in [5.74, 6) is -0.0486. The third-order valence-electron chi connectivity index (χ3n) is 3.54. The van der Waals surface area contributed by atoms with Gasteiger partial charge in [0.15, 0.2) is 0 Å². The van der Waals surface area contributed by atoms with Crippen molar-refractivity contribution in [3.63, 3.8) is 0 Å². The molecule has 0 fully saturated rings. The van der Waals surface area contributed by atoms with Crippen LogP contribution < -0.4 is 5.32 Å². The fourth-order valence-electron chi connectivity index (χ4n) is 2.33. The standard InChI is InChI=1S/C15H30ClNO/c1-5-7-8-9-11-15(4,10-6-2)12-17-14(18)13(3)16/h13H,5-12H2,1-4H3,(H,17,18)/t13-,15?/m1/s1. The minimum atomic E-state index is -0.434. The molecule has 2 atom stereocenters. The Morgan fingerprint density at radius 2 is 1.83 bits per heavy atom. The van der Waals surface area contributed by atoms with Gasteiger partial charge in [-0.15, -0.1) is 11.6 Å². The number of rotatable bonds is 10. The number of nitrogens with one attached hydrogen (secondary N) is 1. The Hall–Kier alpha value is -0.240. The van der Waals surface area contributed by atoms with Gasteiger partial charge in [0.05, 0.1) is 0 Å². The van der Waals surface area contributed by atoms with E-state index in [1.807, 2.05) is 0 Å². The molecule has 0 radical (unpaired) electrons. The van der Waals surface area contributed by atoms with E-state index in [1.165, 1.54) is 32.1 Å². The minimum absolute atomic E-state index is 0.0486. The molecule has 0 saturated heterocycles. The molecule has 2 nitrogen and oxygen atoms in total. The van der Waals surface area contributed by atoms with E-state index in [-0.39, 0.29) is 11.3 Å². The molecule has 0 saturated carbocycles. The molecule has 0 spiro atoms. The molecule has 0 aromatic heterocycles. The molecule has 0 aromatic carbocycles. The molecule has 0 aromatic rings. The zero-order chi connectivity index (χ0) is 14.0. The first kappa shape index (κ1) is 17.8. The summed E-state index contributed by atoms with van der Waals surface area (Å²) in [7, 11) is 0. The second-order valence-electron chi connectivity index (χ2n) is 5.71. The Morgan fingerprint density at radius 1 is 1.17 bits per heavy atom. The van der Waals surface area contributed by atoms with E-state index in [0.29, 0.717) is 0 Å². The van der Waals surface area contributed by atoms with Crippen LogP contribution in [0.5, 0.6) is 0 Å². The van der Waals surface area contributed by atoms with Crippen LogP contribution in [0, 0.1) is 5.41 Å². The van der Waals surface area contributed by atoms with Crippen LogP contribution in [-0.2, 0) is 4.79 Å². The lowest BCUT2D eigenvalue weighted by atomic mass is 9.80. The lowest BCUT2D eigenvalue weighted by molar-refractivity contribution is -0.121. The van der Waals surface area contributed by atoms with Crippen molar-refractivity contribution in [1.29, 1.82) is 0 Å².